The molecule has 0 fully saturated rings. The fourth-order valence-corrected chi connectivity index (χ4v) is 3.66. The quantitative estimate of drug-likeness (QED) is 0.425. The second-order valence-corrected chi connectivity index (χ2v) is 7.85. The van der Waals surface area contributed by atoms with Crippen LogP contribution in [0.1, 0.15) is 35.3 Å². The Hall–Kier alpha value is -3.13. The van der Waals surface area contributed by atoms with Gasteiger partial charge in [-0.15, -0.1) is 0 Å². The van der Waals surface area contributed by atoms with Gasteiger partial charge in [0.2, 0.25) is 0 Å². The van der Waals surface area contributed by atoms with Gasteiger partial charge in [0.25, 0.3) is 5.91 Å². The second-order valence-electron chi connectivity index (χ2n) is 7.85. The molecule has 3 rings (SSSR count). The van der Waals surface area contributed by atoms with Crippen LogP contribution in [0.25, 0.3) is 0 Å². The summed E-state index contributed by atoms with van der Waals surface area (Å²) in [7, 11) is 3.65. The van der Waals surface area contributed by atoms with Crippen molar-refractivity contribution in [3.05, 3.63) is 52.7 Å². The van der Waals surface area contributed by atoms with Crippen molar-refractivity contribution < 1.29 is 9.53 Å². The largest absolute Gasteiger partial charge is 0.496 e. The number of methoxy groups -OCH3 is 1. The van der Waals surface area contributed by atoms with E-state index in [2.05, 4.69) is 22.6 Å². The van der Waals surface area contributed by atoms with Crippen LogP contribution in [0.3, 0.4) is 0 Å². The normalized spacial score (nSPS) is 18.2. The number of carbonyl (C=O) groups excluding carboxylic acids is 1. The summed E-state index contributed by atoms with van der Waals surface area (Å²) in [6.07, 6.45) is 6.98. The van der Waals surface area contributed by atoms with E-state index >= 15 is 0 Å². The SMILES string of the molecule is COc1cc2c(cc1C(=O)NC1C=CC=C(C(=N)N(C=N)C(C)C)N1)CN(C)CC2. The van der Waals surface area contributed by atoms with E-state index in [9.17, 15) is 4.79 Å². The topological polar surface area (TPSA) is 105 Å². The third-order valence-corrected chi connectivity index (χ3v) is 5.34. The van der Waals surface area contributed by atoms with Gasteiger partial charge in [-0.3, -0.25) is 15.6 Å². The molecule has 2 aliphatic rings. The van der Waals surface area contributed by atoms with E-state index in [1.165, 1.54) is 5.56 Å². The summed E-state index contributed by atoms with van der Waals surface area (Å²) in [5, 5.41) is 22.0. The van der Waals surface area contributed by atoms with Gasteiger partial charge in [-0.2, -0.15) is 0 Å². The molecule has 1 aromatic rings. The van der Waals surface area contributed by atoms with E-state index in [4.69, 9.17) is 15.6 Å². The lowest BCUT2D eigenvalue weighted by atomic mass is 9.96. The molecule has 1 unspecified atom stereocenters. The second kappa shape index (κ2) is 9.13. The van der Waals surface area contributed by atoms with Crippen molar-refractivity contribution in [2.45, 2.75) is 39.0 Å². The summed E-state index contributed by atoms with van der Waals surface area (Å²) >= 11 is 0. The molecule has 0 saturated carbocycles. The molecule has 0 aromatic heterocycles. The zero-order valence-electron chi connectivity index (χ0n) is 18.0. The number of fused-ring (bicyclic) bond motifs is 1. The molecule has 2 heterocycles. The molecule has 1 amide bonds. The first kappa shape index (κ1) is 21.6. The van der Waals surface area contributed by atoms with Gasteiger partial charge in [-0.25, -0.2) is 0 Å². The highest BCUT2D eigenvalue weighted by Crippen LogP contribution is 2.27. The highest BCUT2D eigenvalue weighted by molar-refractivity contribution is 6.02. The van der Waals surface area contributed by atoms with Crippen LogP contribution in [0, 0.1) is 10.8 Å². The highest BCUT2D eigenvalue weighted by Gasteiger charge is 2.24. The van der Waals surface area contributed by atoms with Crippen LogP contribution in [-0.4, -0.2) is 60.8 Å². The maximum absolute atomic E-state index is 13.0. The molecule has 2 aliphatic heterocycles. The van der Waals surface area contributed by atoms with Crippen LogP contribution in [-0.2, 0) is 13.0 Å². The fourth-order valence-electron chi connectivity index (χ4n) is 3.66. The first-order valence-corrected chi connectivity index (χ1v) is 10.1. The van der Waals surface area contributed by atoms with Crippen LogP contribution < -0.4 is 15.4 Å². The predicted molar refractivity (Wildman–Crippen MR) is 118 cm³/mol. The molecule has 0 bridgehead atoms. The van der Waals surface area contributed by atoms with E-state index in [1.807, 2.05) is 32.1 Å². The zero-order chi connectivity index (χ0) is 21.8. The molecule has 0 aliphatic carbocycles. The first-order valence-electron chi connectivity index (χ1n) is 10.1. The van der Waals surface area contributed by atoms with Gasteiger partial charge >= 0.3 is 0 Å². The lowest BCUT2D eigenvalue weighted by Crippen LogP contribution is -2.48. The molecule has 1 aromatic carbocycles. The van der Waals surface area contributed by atoms with Gasteiger partial charge in [0.05, 0.1) is 24.7 Å². The number of hydrogen-bond donors (Lipinski definition) is 4. The number of amidine groups is 1. The van der Waals surface area contributed by atoms with Crippen LogP contribution in [0.4, 0.5) is 0 Å². The van der Waals surface area contributed by atoms with E-state index in [1.54, 1.807) is 24.2 Å². The number of hydrogen-bond acceptors (Lipinski definition) is 6. The van der Waals surface area contributed by atoms with Crippen molar-refractivity contribution in [1.29, 1.82) is 10.8 Å². The number of allylic oxidation sites excluding steroid dienone is 2. The maximum Gasteiger partial charge on any atom is 0.256 e. The van der Waals surface area contributed by atoms with Crippen molar-refractivity contribution in [1.82, 2.24) is 20.4 Å². The number of nitrogens with one attached hydrogen (secondary N) is 4. The van der Waals surface area contributed by atoms with Crippen molar-refractivity contribution in [3.63, 3.8) is 0 Å². The summed E-state index contributed by atoms with van der Waals surface area (Å²) in [5.41, 5.74) is 3.40. The Kier molecular flexibility index (Phi) is 6.56. The maximum atomic E-state index is 13.0. The molecular weight excluding hydrogens is 380 g/mol. The molecule has 0 spiro atoms. The van der Waals surface area contributed by atoms with E-state index in [-0.39, 0.29) is 17.8 Å². The number of carbonyl (C=O) groups is 1. The molecule has 0 saturated heterocycles. The Balaban J connectivity index is 1.75. The Morgan fingerprint density at radius 2 is 2.17 bits per heavy atom. The molecular formula is C22H30N6O2. The summed E-state index contributed by atoms with van der Waals surface area (Å²) in [6.45, 7) is 5.62. The summed E-state index contributed by atoms with van der Waals surface area (Å²) < 4.78 is 5.49. The van der Waals surface area contributed by atoms with E-state index < -0.39 is 6.17 Å². The highest BCUT2D eigenvalue weighted by atomic mass is 16.5. The van der Waals surface area contributed by atoms with Crippen LogP contribution >= 0.6 is 0 Å². The van der Waals surface area contributed by atoms with Gasteiger partial charge in [0.15, 0.2) is 0 Å². The van der Waals surface area contributed by atoms with E-state index in [0.29, 0.717) is 17.0 Å². The van der Waals surface area contributed by atoms with Crippen LogP contribution in [0.5, 0.6) is 5.75 Å². The van der Waals surface area contributed by atoms with Crippen LogP contribution in [0.2, 0.25) is 0 Å². The van der Waals surface area contributed by atoms with Gasteiger partial charge in [0.1, 0.15) is 17.8 Å². The van der Waals surface area contributed by atoms with Gasteiger partial charge < -0.3 is 25.2 Å². The Morgan fingerprint density at radius 1 is 1.40 bits per heavy atom. The molecule has 4 N–H and O–H groups in total. The van der Waals surface area contributed by atoms with E-state index in [0.717, 1.165) is 31.4 Å². The lowest BCUT2D eigenvalue weighted by molar-refractivity contribution is 0.0937. The third kappa shape index (κ3) is 4.54. The molecule has 160 valence electrons. The minimum atomic E-state index is -0.471. The zero-order valence-corrected chi connectivity index (χ0v) is 18.0. The molecule has 1 atom stereocenters. The molecule has 0 radical (unpaired) electrons. The summed E-state index contributed by atoms with van der Waals surface area (Å²) in [5.74, 6) is 0.498. The molecule has 30 heavy (non-hydrogen) atoms. The standard InChI is InChI=1S/C22H30N6O2/c1-14(2)28(13-23)21(24)18-6-5-7-20(25-18)26-22(29)17-10-16-12-27(3)9-8-15(16)11-19(17)30-4/h5-7,10-11,13-14,20,23-25H,8-9,12H2,1-4H3,(H,26,29). The number of rotatable bonds is 6. The average Bonchev–Trinajstić information content (AvgIpc) is 2.73. The predicted octanol–water partition coefficient (Wildman–Crippen LogP) is 2.08. The Morgan fingerprint density at radius 3 is 2.83 bits per heavy atom. The smallest absolute Gasteiger partial charge is 0.256 e. The average molecular weight is 411 g/mol. The summed E-state index contributed by atoms with van der Waals surface area (Å²) in [4.78, 5) is 16.8. The minimum absolute atomic E-state index is 0.0189. The Labute approximate surface area is 177 Å². The van der Waals surface area contributed by atoms with Gasteiger partial charge in [-0.1, -0.05) is 6.08 Å². The number of nitrogens with zero attached hydrogens (tertiary/aromatic N) is 2. The van der Waals surface area contributed by atoms with Crippen molar-refractivity contribution in [2.24, 2.45) is 0 Å². The fraction of sp³-hybridized carbons (Fsp3) is 0.409. The Bertz CT molecular complexity index is 905. The molecule has 8 heteroatoms. The minimum Gasteiger partial charge on any atom is -0.496 e. The number of dihydropyridines is 1. The number of ether oxygens (including phenoxy) is 1. The van der Waals surface area contributed by atoms with Crippen molar-refractivity contribution in [2.75, 3.05) is 20.7 Å². The van der Waals surface area contributed by atoms with Crippen LogP contribution in [0.15, 0.2) is 36.1 Å². The molecule has 8 nitrogen and oxygen atoms in total. The van der Waals surface area contributed by atoms with Gasteiger partial charge in [0, 0.05) is 19.1 Å². The van der Waals surface area contributed by atoms with Crippen molar-refractivity contribution >= 4 is 18.1 Å². The first-order chi connectivity index (χ1) is 14.3. The lowest BCUT2D eigenvalue weighted by Gasteiger charge is -2.29. The third-order valence-electron chi connectivity index (χ3n) is 5.34. The monoisotopic (exact) mass is 410 g/mol. The number of amides is 1. The number of likely N-dealkylation sites (N-methyl/N-ethyl adjacent to an activating group) is 1. The van der Waals surface area contributed by atoms with Crippen molar-refractivity contribution in [3.8, 4) is 5.75 Å². The van der Waals surface area contributed by atoms with Gasteiger partial charge in [-0.05, 0) is 62.7 Å². The number of benzene rings is 1. The summed E-state index contributed by atoms with van der Waals surface area (Å²) in [6, 6.07) is 3.86.